The van der Waals surface area contributed by atoms with E-state index in [1.54, 1.807) is 0 Å². The first-order valence-corrected chi connectivity index (χ1v) is 10.4. The third kappa shape index (κ3) is 3.89. The first-order chi connectivity index (χ1) is 13.8. The molecule has 4 nitrogen and oxygen atoms in total. The predicted molar refractivity (Wildman–Crippen MR) is 113 cm³/mol. The van der Waals surface area contributed by atoms with E-state index in [-0.39, 0.29) is 11.5 Å². The summed E-state index contributed by atoms with van der Waals surface area (Å²) in [5, 5.41) is 16.2. The van der Waals surface area contributed by atoms with Crippen LogP contribution in [0.4, 0.5) is 0 Å². The molecule has 0 aliphatic heterocycles. The zero-order chi connectivity index (χ0) is 19.2. The summed E-state index contributed by atoms with van der Waals surface area (Å²) in [4.78, 5) is 4.07. The molecule has 1 saturated carbocycles. The second-order valence-electron chi connectivity index (χ2n) is 8.06. The minimum Gasteiger partial charge on any atom is -0.355 e. The van der Waals surface area contributed by atoms with Crippen LogP contribution in [0.1, 0.15) is 61.3 Å². The fourth-order valence-electron chi connectivity index (χ4n) is 4.89. The maximum atomic E-state index is 9.21. The van der Waals surface area contributed by atoms with Crippen LogP contribution in [0, 0.1) is 11.5 Å². The van der Waals surface area contributed by atoms with Crippen molar-refractivity contribution < 1.29 is 0 Å². The Morgan fingerprint density at radius 3 is 2.57 bits per heavy atom. The van der Waals surface area contributed by atoms with Crippen molar-refractivity contribution in [1.29, 1.82) is 5.26 Å². The van der Waals surface area contributed by atoms with E-state index in [0.29, 0.717) is 5.96 Å². The minimum absolute atomic E-state index is 0.116. The summed E-state index contributed by atoms with van der Waals surface area (Å²) < 4.78 is 0. The highest BCUT2D eigenvalue weighted by Crippen LogP contribution is 2.39. The van der Waals surface area contributed by atoms with Crippen molar-refractivity contribution in [3.8, 4) is 6.19 Å². The van der Waals surface area contributed by atoms with Crippen LogP contribution in [-0.4, -0.2) is 12.5 Å². The summed E-state index contributed by atoms with van der Waals surface area (Å²) in [5.41, 5.74) is 4.23. The molecule has 0 heterocycles. The Labute approximate surface area is 167 Å². The van der Waals surface area contributed by atoms with Crippen molar-refractivity contribution in [3.05, 3.63) is 71.3 Å². The molecule has 144 valence electrons. The van der Waals surface area contributed by atoms with Crippen LogP contribution in [-0.2, 0) is 11.8 Å². The zero-order valence-corrected chi connectivity index (χ0v) is 16.3. The second kappa shape index (κ2) is 8.48. The molecule has 4 heteroatoms. The molecule has 0 radical (unpaired) electrons. The molecule has 0 aromatic heterocycles. The summed E-state index contributed by atoms with van der Waals surface area (Å²) in [7, 11) is 0. The highest BCUT2D eigenvalue weighted by Gasteiger charge is 2.34. The quantitative estimate of drug-likeness (QED) is 0.469. The van der Waals surface area contributed by atoms with Gasteiger partial charge in [-0.2, -0.15) is 5.26 Å². The van der Waals surface area contributed by atoms with E-state index in [9.17, 15) is 5.26 Å². The van der Waals surface area contributed by atoms with Crippen LogP contribution in [0.5, 0.6) is 0 Å². The fraction of sp³-hybridized carbons (Fsp3) is 0.417. The fourth-order valence-corrected chi connectivity index (χ4v) is 4.89. The van der Waals surface area contributed by atoms with Crippen LogP contribution in [0.2, 0.25) is 0 Å². The molecule has 28 heavy (non-hydrogen) atoms. The van der Waals surface area contributed by atoms with Crippen molar-refractivity contribution in [2.24, 2.45) is 4.99 Å². The molecule has 2 N–H and O–H groups in total. The summed E-state index contributed by atoms with van der Waals surface area (Å²) in [5.74, 6) is 0.602. The van der Waals surface area contributed by atoms with Gasteiger partial charge in [0.1, 0.15) is 0 Å². The Bertz CT molecular complexity index is 860. The lowest BCUT2D eigenvalue weighted by molar-refractivity contribution is 0.291. The Balaban J connectivity index is 1.49. The van der Waals surface area contributed by atoms with Gasteiger partial charge in [0.05, 0.1) is 6.04 Å². The van der Waals surface area contributed by atoms with Crippen molar-refractivity contribution in [3.63, 3.8) is 0 Å². The smallest absolute Gasteiger partial charge is 0.209 e. The van der Waals surface area contributed by atoms with Gasteiger partial charge in [-0.15, -0.1) is 4.99 Å². The van der Waals surface area contributed by atoms with E-state index in [1.165, 1.54) is 48.8 Å². The minimum atomic E-state index is 0.116. The Hall–Kier alpha value is -2.80. The first-order valence-electron chi connectivity index (χ1n) is 10.4. The first kappa shape index (κ1) is 18.6. The molecule has 2 aromatic carbocycles. The molecule has 2 aromatic rings. The largest absolute Gasteiger partial charge is 0.355 e. The molecular weight excluding hydrogens is 344 g/mol. The standard InChI is InChI=1S/C24H28N4/c25-18-27-23(28-22-14-13-19-9-5-6-12-21(19)22)26-17-24(15-7-2-8-16-24)20-10-3-1-4-11-20/h1,3-6,9-12,22H,2,7-8,13-17H2,(H2,26,27,28). The number of hydrogen-bond donors (Lipinski definition) is 2. The monoisotopic (exact) mass is 372 g/mol. The van der Waals surface area contributed by atoms with Gasteiger partial charge in [-0.3, -0.25) is 0 Å². The average molecular weight is 373 g/mol. The van der Waals surface area contributed by atoms with E-state index < -0.39 is 0 Å². The van der Waals surface area contributed by atoms with Crippen LogP contribution in [0.15, 0.2) is 59.6 Å². The number of hydrogen-bond acceptors (Lipinski definition) is 2. The predicted octanol–water partition coefficient (Wildman–Crippen LogP) is 4.59. The average Bonchev–Trinajstić information content (AvgIpc) is 3.16. The molecule has 1 atom stereocenters. The number of aryl methyl sites for hydroxylation is 1. The SMILES string of the molecule is N#C/N=C(/NCC1(c2ccccc2)CCCCC1)NC1CCc2ccccc21. The van der Waals surface area contributed by atoms with Crippen LogP contribution in [0.3, 0.4) is 0 Å². The third-order valence-electron chi connectivity index (χ3n) is 6.40. The number of nitriles is 1. The van der Waals surface area contributed by atoms with Crippen molar-refractivity contribution in [1.82, 2.24) is 10.6 Å². The maximum absolute atomic E-state index is 9.21. The van der Waals surface area contributed by atoms with E-state index in [0.717, 1.165) is 19.4 Å². The van der Waals surface area contributed by atoms with Gasteiger partial charge in [0.25, 0.3) is 0 Å². The molecule has 1 fully saturated rings. The van der Waals surface area contributed by atoms with Gasteiger partial charge >= 0.3 is 0 Å². The van der Waals surface area contributed by atoms with Gasteiger partial charge in [0.2, 0.25) is 12.2 Å². The van der Waals surface area contributed by atoms with E-state index in [2.05, 4.69) is 70.2 Å². The molecular formula is C24H28N4. The Morgan fingerprint density at radius 1 is 1.04 bits per heavy atom. The highest BCUT2D eigenvalue weighted by molar-refractivity contribution is 5.81. The van der Waals surface area contributed by atoms with Crippen molar-refractivity contribution in [2.75, 3.05) is 6.54 Å². The summed E-state index contributed by atoms with van der Waals surface area (Å²) in [6.45, 7) is 0.804. The molecule has 1 unspecified atom stereocenters. The number of nitrogens with one attached hydrogen (secondary N) is 2. The van der Waals surface area contributed by atoms with Gasteiger partial charge in [0, 0.05) is 12.0 Å². The Kier molecular flexibility index (Phi) is 5.62. The molecule has 2 aliphatic rings. The second-order valence-corrected chi connectivity index (χ2v) is 8.06. The molecule has 0 amide bonds. The normalized spacial score (nSPS) is 20.8. The summed E-state index contributed by atoms with van der Waals surface area (Å²) in [6, 6.07) is 19.6. The van der Waals surface area contributed by atoms with Crippen molar-refractivity contribution >= 4 is 5.96 Å². The number of benzene rings is 2. The van der Waals surface area contributed by atoms with E-state index in [4.69, 9.17) is 0 Å². The van der Waals surface area contributed by atoms with Gasteiger partial charge < -0.3 is 10.6 Å². The molecule has 4 rings (SSSR count). The molecule has 0 spiro atoms. The topological polar surface area (TPSA) is 60.2 Å². The summed E-state index contributed by atoms with van der Waals surface area (Å²) in [6.07, 6.45) is 10.2. The maximum Gasteiger partial charge on any atom is 0.209 e. The lowest BCUT2D eigenvalue weighted by Crippen LogP contribution is -2.47. The number of rotatable bonds is 4. The van der Waals surface area contributed by atoms with Crippen LogP contribution < -0.4 is 10.6 Å². The van der Waals surface area contributed by atoms with Gasteiger partial charge in [0.15, 0.2) is 0 Å². The molecule has 2 aliphatic carbocycles. The number of aliphatic imine (C=N–C) groups is 1. The highest BCUT2D eigenvalue weighted by atomic mass is 15.2. The van der Waals surface area contributed by atoms with E-state index in [1.807, 2.05) is 6.19 Å². The molecule has 0 bridgehead atoms. The van der Waals surface area contributed by atoms with Crippen LogP contribution in [0.25, 0.3) is 0 Å². The van der Waals surface area contributed by atoms with Gasteiger partial charge in [-0.1, -0.05) is 73.9 Å². The van der Waals surface area contributed by atoms with Crippen LogP contribution >= 0.6 is 0 Å². The lowest BCUT2D eigenvalue weighted by Gasteiger charge is -2.38. The van der Waals surface area contributed by atoms with Gasteiger partial charge in [-0.25, -0.2) is 0 Å². The third-order valence-corrected chi connectivity index (χ3v) is 6.40. The molecule has 0 saturated heterocycles. The Morgan fingerprint density at radius 2 is 1.79 bits per heavy atom. The number of nitrogens with zero attached hydrogens (tertiary/aromatic N) is 2. The number of guanidine groups is 1. The lowest BCUT2D eigenvalue weighted by atomic mass is 9.69. The van der Waals surface area contributed by atoms with Gasteiger partial charge in [-0.05, 0) is 42.4 Å². The summed E-state index contributed by atoms with van der Waals surface area (Å²) >= 11 is 0. The van der Waals surface area contributed by atoms with E-state index >= 15 is 0 Å². The number of fused-ring (bicyclic) bond motifs is 1. The zero-order valence-electron chi connectivity index (χ0n) is 16.3. The van der Waals surface area contributed by atoms with Crippen molar-refractivity contribution in [2.45, 2.75) is 56.4 Å².